The number of amides is 4. The molecular formula is C29H45N5O7. The van der Waals surface area contributed by atoms with E-state index in [4.69, 9.17) is 9.47 Å². The number of Topliss-reactive ketones (excluding diaryl/α,β-unsaturated/α-hetero) is 1. The molecule has 0 radical (unpaired) electrons. The number of hydrogen-bond donors (Lipinski definition) is 3. The van der Waals surface area contributed by atoms with Crippen molar-refractivity contribution in [3.8, 4) is 0 Å². The molecule has 1 aliphatic heterocycles. The van der Waals surface area contributed by atoms with Gasteiger partial charge in [-0.15, -0.1) is 0 Å². The molecule has 12 heteroatoms. The largest absolute Gasteiger partial charge is 0.379 e. The third-order valence-corrected chi connectivity index (χ3v) is 7.01. The third kappa shape index (κ3) is 14.7. The molecule has 0 bridgehead atoms. The van der Waals surface area contributed by atoms with E-state index in [0.29, 0.717) is 39.5 Å². The molecular weight excluding hydrogens is 530 g/mol. The summed E-state index contributed by atoms with van der Waals surface area (Å²) in [6.07, 6.45) is 7.53. The minimum Gasteiger partial charge on any atom is -0.379 e. The Morgan fingerprint density at radius 2 is 1.54 bits per heavy atom. The van der Waals surface area contributed by atoms with E-state index in [1.54, 1.807) is 26.4 Å². The van der Waals surface area contributed by atoms with Gasteiger partial charge in [-0.25, -0.2) is 0 Å². The van der Waals surface area contributed by atoms with Crippen molar-refractivity contribution in [2.75, 3.05) is 53.1 Å². The van der Waals surface area contributed by atoms with Crippen molar-refractivity contribution in [3.63, 3.8) is 0 Å². The number of nitrogens with zero attached hydrogens (tertiary/aromatic N) is 2. The van der Waals surface area contributed by atoms with Gasteiger partial charge < -0.3 is 30.3 Å². The van der Waals surface area contributed by atoms with Crippen molar-refractivity contribution < 1.29 is 33.4 Å². The average Bonchev–Trinajstić information content (AvgIpc) is 3.31. The first kappa shape index (κ1) is 33.8. The molecule has 1 aliphatic carbocycles. The van der Waals surface area contributed by atoms with Crippen molar-refractivity contribution in [2.45, 2.75) is 57.9 Å². The number of aromatic nitrogens is 1. The Kier molecular flexibility index (Phi) is 16.2. The number of pyridine rings is 1. The van der Waals surface area contributed by atoms with Crippen molar-refractivity contribution in [1.29, 1.82) is 0 Å². The van der Waals surface area contributed by atoms with Crippen LogP contribution in [0.1, 0.15) is 51.9 Å². The minimum absolute atomic E-state index is 0.0415. The summed E-state index contributed by atoms with van der Waals surface area (Å²) in [5.41, 5.74) is 0. The second-order valence-corrected chi connectivity index (χ2v) is 10.3. The lowest BCUT2D eigenvalue weighted by Crippen LogP contribution is -2.38. The molecule has 2 heterocycles. The van der Waals surface area contributed by atoms with Gasteiger partial charge in [0.05, 0.1) is 32.3 Å². The van der Waals surface area contributed by atoms with Gasteiger partial charge in [-0.1, -0.05) is 6.07 Å². The molecule has 1 saturated heterocycles. The van der Waals surface area contributed by atoms with Gasteiger partial charge >= 0.3 is 0 Å². The van der Waals surface area contributed by atoms with Gasteiger partial charge in [0.15, 0.2) is 0 Å². The molecule has 3 rings (SSSR count). The predicted molar refractivity (Wildman–Crippen MR) is 151 cm³/mol. The first-order valence-electron chi connectivity index (χ1n) is 14.3. The standard InChI is InChI=1S/C24H40N4O7.C5H5N/c1-17(29)18-3-5-20(6-4-18)27-22(31)8-11-34-13-14-35-12-10-25-21(30)7-9-26-24(33)19-15-23(32)28(2)16-19;1-2-4-6-5-3-1/h18-20H,3-16H2,1-2H3,(H,25,30)(H,26,33)(H,27,31);1-5H. The highest BCUT2D eigenvalue weighted by Crippen LogP contribution is 2.24. The Bertz CT molecular complexity index is 927. The zero-order chi connectivity index (χ0) is 29.9. The fourth-order valence-corrected chi connectivity index (χ4v) is 4.58. The highest BCUT2D eigenvalue weighted by molar-refractivity contribution is 5.89. The normalized spacial score (nSPS) is 20.0. The molecule has 12 nitrogen and oxygen atoms in total. The summed E-state index contributed by atoms with van der Waals surface area (Å²) in [7, 11) is 1.67. The SMILES string of the molecule is CC(=O)C1CCC(NC(=O)CCOCCOCCNC(=O)CCNC(=O)C2CC(=O)N(C)C2)CC1.c1ccncc1. The van der Waals surface area contributed by atoms with E-state index in [0.717, 1.165) is 25.7 Å². The smallest absolute Gasteiger partial charge is 0.225 e. The lowest BCUT2D eigenvalue weighted by atomic mass is 9.84. The van der Waals surface area contributed by atoms with Crippen molar-refractivity contribution in [2.24, 2.45) is 11.8 Å². The van der Waals surface area contributed by atoms with Crippen molar-refractivity contribution in [3.05, 3.63) is 30.6 Å². The monoisotopic (exact) mass is 575 g/mol. The molecule has 0 spiro atoms. The van der Waals surface area contributed by atoms with Gasteiger partial charge in [-0.05, 0) is 44.7 Å². The Balaban J connectivity index is 0.000000864. The van der Waals surface area contributed by atoms with Crippen LogP contribution in [0.3, 0.4) is 0 Å². The lowest BCUT2D eigenvalue weighted by molar-refractivity contribution is -0.128. The molecule has 2 fully saturated rings. The Labute approximate surface area is 242 Å². The van der Waals surface area contributed by atoms with Gasteiger partial charge in [0, 0.05) is 70.3 Å². The van der Waals surface area contributed by atoms with Crippen molar-refractivity contribution in [1.82, 2.24) is 25.8 Å². The quantitative estimate of drug-likeness (QED) is 0.260. The molecule has 3 N–H and O–H groups in total. The van der Waals surface area contributed by atoms with Crippen LogP contribution >= 0.6 is 0 Å². The van der Waals surface area contributed by atoms with Crippen LogP contribution in [0.15, 0.2) is 30.6 Å². The first-order valence-corrected chi connectivity index (χ1v) is 14.3. The number of rotatable bonds is 15. The molecule has 1 unspecified atom stereocenters. The van der Waals surface area contributed by atoms with Crippen LogP contribution < -0.4 is 16.0 Å². The number of ether oxygens (including phenoxy) is 2. The summed E-state index contributed by atoms with van der Waals surface area (Å²) < 4.78 is 10.8. The van der Waals surface area contributed by atoms with Crippen LogP contribution in [0, 0.1) is 11.8 Å². The van der Waals surface area contributed by atoms with E-state index in [2.05, 4.69) is 20.9 Å². The second kappa shape index (κ2) is 19.7. The molecule has 41 heavy (non-hydrogen) atoms. The fourth-order valence-electron chi connectivity index (χ4n) is 4.58. The molecule has 228 valence electrons. The summed E-state index contributed by atoms with van der Waals surface area (Å²) in [4.78, 5) is 64.0. The third-order valence-electron chi connectivity index (χ3n) is 7.01. The topological polar surface area (TPSA) is 156 Å². The van der Waals surface area contributed by atoms with E-state index in [9.17, 15) is 24.0 Å². The molecule has 1 aromatic rings. The van der Waals surface area contributed by atoms with Crippen LogP contribution in [-0.4, -0.2) is 98.4 Å². The maximum absolute atomic E-state index is 12.0. The Morgan fingerprint density at radius 1 is 0.854 bits per heavy atom. The summed E-state index contributed by atoms with van der Waals surface area (Å²) in [6, 6.07) is 5.86. The zero-order valence-electron chi connectivity index (χ0n) is 24.3. The van der Waals surface area contributed by atoms with E-state index in [-0.39, 0.29) is 73.1 Å². The number of ketones is 1. The number of nitrogens with one attached hydrogen (secondary N) is 3. The van der Waals surface area contributed by atoms with Crippen molar-refractivity contribution >= 4 is 29.4 Å². The highest BCUT2D eigenvalue weighted by atomic mass is 16.5. The van der Waals surface area contributed by atoms with E-state index < -0.39 is 0 Å². The summed E-state index contributed by atoms with van der Waals surface area (Å²) >= 11 is 0. The van der Waals surface area contributed by atoms with E-state index >= 15 is 0 Å². The maximum atomic E-state index is 12.0. The molecule has 0 aromatic carbocycles. The van der Waals surface area contributed by atoms with Crippen LogP contribution in [0.25, 0.3) is 0 Å². The van der Waals surface area contributed by atoms with Crippen LogP contribution in [-0.2, 0) is 33.4 Å². The molecule has 1 atom stereocenters. The summed E-state index contributed by atoms with van der Waals surface area (Å²) in [5, 5.41) is 8.42. The van der Waals surface area contributed by atoms with Gasteiger partial charge in [0.2, 0.25) is 23.6 Å². The second-order valence-electron chi connectivity index (χ2n) is 10.3. The fraction of sp³-hybridized carbons (Fsp3) is 0.655. The first-order chi connectivity index (χ1) is 19.8. The average molecular weight is 576 g/mol. The van der Waals surface area contributed by atoms with Gasteiger partial charge in [0.25, 0.3) is 0 Å². The molecule has 4 amide bonds. The predicted octanol–water partition coefficient (Wildman–Crippen LogP) is 0.856. The van der Waals surface area contributed by atoms with E-state index in [1.807, 2.05) is 18.2 Å². The van der Waals surface area contributed by atoms with Gasteiger partial charge in [-0.2, -0.15) is 0 Å². The van der Waals surface area contributed by atoms with Crippen LogP contribution in [0.4, 0.5) is 0 Å². The summed E-state index contributed by atoms with van der Waals surface area (Å²) in [5.74, 6) is -0.441. The number of hydrogen-bond acceptors (Lipinski definition) is 8. The minimum atomic E-state index is -0.348. The van der Waals surface area contributed by atoms with Gasteiger partial charge in [-0.3, -0.25) is 29.0 Å². The maximum Gasteiger partial charge on any atom is 0.225 e. The molecule has 1 aromatic heterocycles. The Hall–Kier alpha value is -3.38. The molecule has 1 saturated carbocycles. The number of carbonyl (C=O) groups is 5. The lowest BCUT2D eigenvalue weighted by Gasteiger charge is -2.27. The van der Waals surface area contributed by atoms with Gasteiger partial charge in [0.1, 0.15) is 5.78 Å². The van der Waals surface area contributed by atoms with Crippen LogP contribution in [0.5, 0.6) is 0 Å². The number of carbonyl (C=O) groups excluding carboxylic acids is 5. The molecule has 2 aliphatic rings. The Morgan fingerprint density at radius 3 is 2.10 bits per heavy atom. The number of likely N-dealkylation sites (tertiary alicyclic amines) is 1. The summed E-state index contributed by atoms with van der Waals surface area (Å²) in [6.45, 7) is 3.98. The van der Waals surface area contributed by atoms with E-state index in [1.165, 1.54) is 4.90 Å². The van der Waals surface area contributed by atoms with Crippen LogP contribution in [0.2, 0.25) is 0 Å². The zero-order valence-corrected chi connectivity index (χ0v) is 24.3. The highest BCUT2D eigenvalue weighted by Gasteiger charge is 2.31.